The minimum absolute atomic E-state index is 0.00412. The second-order valence-electron chi connectivity index (χ2n) is 6.21. The number of nitrogens with zero attached hydrogens (tertiary/aromatic N) is 3. The number of anilines is 2. The lowest BCUT2D eigenvalue weighted by molar-refractivity contribution is 0.0432. The molecule has 0 saturated heterocycles. The number of nitrogens with one attached hydrogen (secondary N) is 2. The Balaban J connectivity index is 1.88. The second kappa shape index (κ2) is 5.80. The number of aromatic nitrogens is 3. The lowest BCUT2D eigenvalue weighted by atomic mass is 9.87. The lowest BCUT2D eigenvalue weighted by Crippen LogP contribution is -2.55. The lowest BCUT2D eigenvalue weighted by Gasteiger charge is -2.38. The largest absolute Gasteiger partial charge is 0.336 e. The molecule has 1 aliphatic heterocycles. The Morgan fingerprint density at radius 2 is 2.24 bits per heavy atom. The van der Waals surface area contributed by atoms with Crippen LogP contribution in [0.4, 0.5) is 15.9 Å². The number of rotatable bonds is 2. The van der Waals surface area contributed by atoms with Gasteiger partial charge in [-0.3, -0.25) is 14.2 Å². The summed E-state index contributed by atoms with van der Waals surface area (Å²) in [5.74, 6) is -0.129. The third kappa shape index (κ3) is 2.39. The van der Waals surface area contributed by atoms with Crippen LogP contribution >= 0.6 is 11.6 Å². The van der Waals surface area contributed by atoms with E-state index in [9.17, 15) is 14.0 Å². The molecular formula is C16H15ClFN5O2. The van der Waals surface area contributed by atoms with Crippen LogP contribution in [-0.4, -0.2) is 26.6 Å². The van der Waals surface area contributed by atoms with Crippen molar-refractivity contribution < 1.29 is 9.18 Å². The maximum Gasteiger partial charge on any atom is 0.277 e. The summed E-state index contributed by atoms with van der Waals surface area (Å²) in [6, 6.07) is 2.95. The molecule has 2 aromatic heterocycles. The molecule has 9 heteroatoms. The summed E-state index contributed by atoms with van der Waals surface area (Å²) < 4.78 is 16.0. The number of halogens is 2. The molecule has 2 atom stereocenters. The van der Waals surface area contributed by atoms with Crippen LogP contribution < -0.4 is 16.2 Å². The number of fused-ring (bicyclic) bond motifs is 2. The molecule has 1 saturated carbocycles. The van der Waals surface area contributed by atoms with Crippen molar-refractivity contribution in [2.45, 2.75) is 37.5 Å². The van der Waals surface area contributed by atoms with Gasteiger partial charge in [-0.1, -0.05) is 18.0 Å². The summed E-state index contributed by atoms with van der Waals surface area (Å²) in [7, 11) is 0. The summed E-state index contributed by atoms with van der Waals surface area (Å²) in [5, 5.41) is 5.62. The standard InChI is InChI=1S/C16H15ClFN5O2/c17-9-7-10(21-12-4-6-19-8-20-12)15(25)23-13(9)14(24)22-16(23)5-2-1-3-11(16)18/h4,6-8,11H,1-3,5H2,(H,22,24)(H,19,20,21). The molecule has 0 bridgehead atoms. The van der Waals surface area contributed by atoms with Gasteiger partial charge in [0.2, 0.25) is 0 Å². The van der Waals surface area contributed by atoms with Crippen LogP contribution in [0, 0.1) is 0 Å². The molecule has 1 spiro atoms. The Morgan fingerprint density at radius 3 is 2.96 bits per heavy atom. The van der Waals surface area contributed by atoms with Crippen molar-refractivity contribution in [3.05, 3.63) is 45.7 Å². The number of carbonyl (C=O) groups is 1. The van der Waals surface area contributed by atoms with Gasteiger partial charge in [0.05, 0.1) is 5.02 Å². The maximum absolute atomic E-state index is 14.8. The SMILES string of the molecule is O=C1NC2(CCCCC2F)n2c1c(Cl)cc(Nc1ccncn1)c2=O. The van der Waals surface area contributed by atoms with Gasteiger partial charge in [-0.15, -0.1) is 0 Å². The van der Waals surface area contributed by atoms with E-state index < -0.39 is 23.3 Å². The average molecular weight is 364 g/mol. The Labute approximate surface area is 147 Å². The van der Waals surface area contributed by atoms with E-state index in [-0.39, 0.29) is 22.8 Å². The highest BCUT2D eigenvalue weighted by Gasteiger charge is 2.51. The Hall–Kier alpha value is -2.48. The zero-order valence-corrected chi connectivity index (χ0v) is 13.9. The highest BCUT2D eigenvalue weighted by atomic mass is 35.5. The molecule has 2 aromatic rings. The van der Waals surface area contributed by atoms with E-state index in [1.165, 1.54) is 23.2 Å². The van der Waals surface area contributed by atoms with Gasteiger partial charge in [0, 0.05) is 6.20 Å². The van der Waals surface area contributed by atoms with Gasteiger partial charge in [0.15, 0.2) is 5.66 Å². The number of hydrogen-bond acceptors (Lipinski definition) is 5. The van der Waals surface area contributed by atoms with Crippen LogP contribution in [0.15, 0.2) is 29.5 Å². The van der Waals surface area contributed by atoms with Crippen molar-refractivity contribution in [2.24, 2.45) is 0 Å². The van der Waals surface area contributed by atoms with Crippen molar-refractivity contribution in [3.63, 3.8) is 0 Å². The normalized spacial score (nSPS) is 24.9. The van der Waals surface area contributed by atoms with Gasteiger partial charge in [-0.25, -0.2) is 14.4 Å². The predicted molar refractivity (Wildman–Crippen MR) is 89.8 cm³/mol. The highest BCUT2D eigenvalue weighted by molar-refractivity contribution is 6.34. The maximum atomic E-state index is 14.8. The van der Waals surface area contributed by atoms with E-state index in [4.69, 9.17) is 11.6 Å². The first-order valence-electron chi connectivity index (χ1n) is 7.98. The fraction of sp³-hybridized carbons (Fsp3) is 0.375. The summed E-state index contributed by atoms with van der Waals surface area (Å²) in [4.78, 5) is 33.2. The van der Waals surface area contributed by atoms with Crippen molar-refractivity contribution >= 4 is 29.0 Å². The van der Waals surface area contributed by atoms with E-state index in [2.05, 4.69) is 20.6 Å². The number of pyridine rings is 1. The van der Waals surface area contributed by atoms with Crippen LogP contribution in [0.2, 0.25) is 5.02 Å². The van der Waals surface area contributed by atoms with E-state index in [1.54, 1.807) is 6.07 Å². The van der Waals surface area contributed by atoms with Crippen molar-refractivity contribution in [1.29, 1.82) is 0 Å². The number of carbonyl (C=O) groups excluding carboxylic acids is 1. The Kier molecular flexibility index (Phi) is 3.72. The third-order valence-electron chi connectivity index (χ3n) is 4.73. The number of amides is 1. The number of hydrogen-bond donors (Lipinski definition) is 2. The van der Waals surface area contributed by atoms with E-state index in [0.717, 1.165) is 6.42 Å². The first kappa shape index (κ1) is 16.0. The molecule has 0 radical (unpaired) electrons. The first-order chi connectivity index (χ1) is 12.0. The molecule has 4 rings (SSSR count). The van der Waals surface area contributed by atoms with Gasteiger partial charge >= 0.3 is 0 Å². The van der Waals surface area contributed by atoms with Crippen LogP contribution in [0.25, 0.3) is 0 Å². The molecule has 25 heavy (non-hydrogen) atoms. The van der Waals surface area contributed by atoms with Crippen LogP contribution in [0.1, 0.15) is 36.2 Å². The second-order valence-corrected chi connectivity index (χ2v) is 6.61. The minimum atomic E-state index is -1.37. The van der Waals surface area contributed by atoms with Crippen LogP contribution in [0.3, 0.4) is 0 Å². The molecule has 1 fully saturated rings. The monoisotopic (exact) mass is 363 g/mol. The molecule has 130 valence electrons. The number of alkyl halides is 1. The van der Waals surface area contributed by atoms with Crippen LogP contribution in [0.5, 0.6) is 0 Å². The highest BCUT2D eigenvalue weighted by Crippen LogP contribution is 2.40. The van der Waals surface area contributed by atoms with Gasteiger partial charge in [0.25, 0.3) is 11.5 Å². The van der Waals surface area contributed by atoms with Crippen molar-refractivity contribution in [2.75, 3.05) is 5.32 Å². The zero-order valence-electron chi connectivity index (χ0n) is 13.1. The van der Waals surface area contributed by atoms with Crippen molar-refractivity contribution in [3.8, 4) is 0 Å². The molecule has 2 unspecified atom stereocenters. The summed E-state index contributed by atoms with van der Waals surface area (Å²) in [5.41, 5.74) is -1.75. The predicted octanol–water partition coefficient (Wildman–Crippen LogP) is 2.34. The fourth-order valence-corrected chi connectivity index (χ4v) is 3.87. The summed E-state index contributed by atoms with van der Waals surface area (Å²) >= 11 is 6.24. The minimum Gasteiger partial charge on any atom is -0.336 e. The van der Waals surface area contributed by atoms with E-state index >= 15 is 0 Å². The summed E-state index contributed by atoms with van der Waals surface area (Å²) in [6.45, 7) is 0. The zero-order chi connectivity index (χ0) is 17.6. The molecule has 2 N–H and O–H groups in total. The Morgan fingerprint density at radius 1 is 1.40 bits per heavy atom. The molecule has 0 aromatic carbocycles. The average Bonchev–Trinajstić information content (AvgIpc) is 2.90. The van der Waals surface area contributed by atoms with Crippen LogP contribution in [-0.2, 0) is 5.66 Å². The van der Waals surface area contributed by atoms with Crippen molar-refractivity contribution in [1.82, 2.24) is 19.9 Å². The molecule has 2 aliphatic rings. The quantitative estimate of drug-likeness (QED) is 0.855. The fourth-order valence-electron chi connectivity index (χ4n) is 3.59. The molecule has 1 aliphatic carbocycles. The topological polar surface area (TPSA) is 88.9 Å². The van der Waals surface area contributed by atoms with Gasteiger partial charge in [-0.2, -0.15) is 0 Å². The van der Waals surface area contributed by atoms with Gasteiger partial charge in [-0.05, 0) is 31.4 Å². The molecule has 7 nitrogen and oxygen atoms in total. The summed E-state index contributed by atoms with van der Waals surface area (Å²) in [6.07, 6.45) is 3.57. The molecule has 3 heterocycles. The molecule has 1 amide bonds. The van der Waals surface area contributed by atoms with E-state index in [1.807, 2.05) is 0 Å². The van der Waals surface area contributed by atoms with Gasteiger partial charge in [0.1, 0.15) is 29.7 Å². The van der Waals surface area contributed by atoms with Gasteiger partial charge < -0.3 is 10.6 Å². The first-order valence-corrected chi connectivity index (χ1v) is 8.36. The van der Waals surface area contributed by atoms with E-state index in [0.29, 0.717) is 18.7 Å². The molecular weight excluding hydrogens is 349 g/mol. The third-order valence-corrected chi connectivity index (χ3v) is 5.01. The Bertz CT molecular complexity index is 903. The smallest absolute Gasteiger partial charge is 0.277 e.